The standard InChI is InChI=1S/C19H33N3O2/c1-13(2)8-7-9-16-20-21-18(22(16)15-10-11-15)14(3)12-17(23)24-19(4,5)6/h13-15H,7-12H2,1-6H3/t14-/m0/s1. The van der Waals surface area contributed by atoms with Crippen LogP contribution in [0.5, 0.6) is 0 Å². The van der Waals surface area contributed by atoms with Crippen LogP contribution in [0.25, 0.3) is 0 Å². The minimum Gasteiger partial charge on any atom is -0.460 e. The molecule has 2 rings (SSSR count). The van der Waals surface area contributed by atoms with Crippen LogP contribution in [0.4, 0.5) is 0 Å². The van der Waals surface area contributed by atoms with Crippen LogP contribution in [0.3, 0.4) is 0 Å². The monoisotopic (exact) mass is 335 g/mol. The summed E-state index contributed by atoms with van der Waals surface area (Å²) in [5.41, 5.74) is -0.441. The van der Waals surface area contributed by atoms with Crippen LogP contribution in [-0.2, 0) is 16.0 Å². The van der Waals surface area contributed by atoms with Crippen LogP contribution in [0, 0.1) is 5.92 Å². The normalized spacial score (nSPS) is 16.5. The Bertz CT molecular complexity index is 553. The molecule has 0 saturated heterocycles. The third-order valence-electron chi connectivity index (χ3n) is 4.22. The Hall–Kier alpha value is -1.39. The van der Waals surface area contributed by atoms with Crippen molar-refractivity contribution in [1.82, 2.24) is 14.8 Å². The highest BCUT2D eigenvalue weighted by Gasteiger charge is 2.32. The highest BCUT2D eigenvalue weighted by atomic mass is 16.6. The van der Waals surface area contributed by atoms with Gasteiger partial charge in [0.05, 0.1) is 6.42 Å². The maximum Gasteiger partial charge on any atom is 0.307 e. The molecule has 0 bridgehead atoms. The van der Waals surface area contributed by atoms with Crippen molar-refractivity contribution in [3.8, 4) is 0 Å². The van der Waals surface area contributed by atoms with Crippen LogP contribution in [0.2, 0.25) is 0 Å². The molecule has 1 saturated carbocycles. The molecule has 1 aromatic rings. The number of rotatable bonds is 8. The van der Waals surface area contributed by atoms with E-state index < -0.39 is 5.60 Å². The van der Waals surface area contributed by atoms with Gasteiger partial charge in [-0.2, -0.15) is 0 Å². The summed E-state index contributed by atoms with van der Waals surface area (Å²) in [6.07, 6.45) is 6.07. The molecule has 1 atom stereocenters. The molecule has 0 unspecified atom stereocenters. The van der Waals surface area contributed by atoms with Gasteiger partial charge >= 0.3 is 5.97 Å². The fraction of sp³-hybridized carbons (Fsp3) is 0.842. The van der Waals surface area contributed by atoms with E-state index in [1.165, 1.54) is 19.3 Å². The predicted molar refractivity (Wildman–Crippen MR) is 94.9 cm³/mol. The number of nitrogens with zero attached hydrogens (tertiary/aromatic N) is 3. The van der Waals surface area contributed by atoms with Gasteiger partial charge in [-0.25, -0.2) is 0 Å². The Balaban J connectivity index is 2.03. The van der Waals surface area contributed by atoms with Gasteiger partial charge < -0.3 is 9.30 Å². The van der Waals surface area contributed by atoms with Crippen LogP contribution in [0.15, 0.2) is 0 Å². The van der Waals surface area contributed by atoms with Crippen LogP contribution < -0.4 is 0 Å². The maximum atomic E-state index is 12.1. The largest absolute Gasteiger partial charge is 0.460 e. The van der Waals surface area contributed by atoms with E-state index in [0.29, 0.717) is 18.4 Å². The summed E-state index contributed by atoms with van der Waals surface area (Å²) in [4.78, 5) is 12.1. The van der Waals surface area contributed by atoms with Crippen molar-refractivity contribution in [2.24, 2.45) is 5.92 Å². The Labute approximate surface area is 146 Å². The fourth-order valence-corrected chi connectivity index (χ4v) is 2.97. The molecule has 24 heavy (non-hydrogen) atoms. The molecular weight excluding hydrogens is 302 g/mol. The first-order valence-corrected chi connectivity index (χ1v) is 9.33. The summed E-state index contributed by atoms with van der Waals surface area (Å²) in [5, 5.41) is 8.87. The SMILES string of the molecule is CC(C)CCCc1nnc([C@@H](C)CC(=O)OC(C)(C)C)n1C1CC1. The summed E-state index contributed by atoms with van der Waals surface area (Å²) < 4.78 is 7.75. The van der Waals surface area contributed by atoms with Crippen molar-refractivity contribution >= 4 is 5.97 Å². The second-order valence-corrected chi connectivity index (χ2v) is 8.55. The van der Waals surface area contributed by atoms with Gasteiger partial charge in [0, 0.05) is 18.4 Å². The van der Waals surface area contributed by atoms with E-state index in [1.807, 2.05) is 27.7 Å². The van der Waals surface area contributed by atoms with E-state index in [9.17, 15) is 4.79 Å². The van der Waals surface area contributed by atoms with Crippen LogP contribution >= 0.6 is 0 Å². The number of carbonyl (C=O) groups excluding carboxylic acids is 1. The van der Waals surface area contributed by atoms with Crippen molar-refractivity contribution in [3.63, 3.8) is 0 Å². The minimum absolute atomic E-state index is 0.0341. The second-order valence-electron chi connectivity index (χ2n) is 8.55. The highest BCUT2D eigenvalue weighted by Crippen LogP contribution is 2.38. The molecule has 1 aliphatic rings. The average molecular weight is 335 g/mol. The number of aryl methyl sites for hydroxylation is 1. The predicted octanol–water partition coefficient (Wildman–Crippen LogP) is 4.43. The molecule has 0 N–H and O–H groups in total. The van der Waals surface area contributed by atoms with E-state index in [1.54, 1.807) is 0 Å². The van der Waals surface area contributed by atoms with Gasteiger partial charge in [0.2, 0.25) is 0 Å². The van der Waals surface area contributed by atoms with Gasteiger partial charge in [-0.15, -0.1) is 10.2 Å². The number of hydrogen-bond donors (Lipinski definition) is 0. The number of aromatic nitrogens is 3. The van der Waals surface area contributed by atoms with Crippen LogP contribution in [-0.4, -0.2) is 26.3 Å². The molecule has 0 aliphatic heterocycles. The van der Waals surface area contributed by atoms with E-state index >= 15 is 0 Å². The third-order valence-corrected chi connectivity index (χ3v) is 4.22. The minimum atomic E-state index is -0.441. The molecule has 0 amide bonds. The molecule has 1 aliphatic carbocycles. The molecule has 0 radical (unpaired) electrons. The molecule has 1 heterocycles. The molecule has 136 valence electrons. The third kappa shape index (κ3) is 5.60. The topological polar surface area (TPSA) is 57.0 Å². The van der Waals surface area contributed by atoms with Gasteiger partial charge in [0.15, 0.2) is 0 Å². The Morgan fingerprint density at radius 2 is 1.92 bits per heavy atom. The zero-order chi connectivity index (χ0) is 17.9. The number of carbonyl (C=O) groups is 1. The lowest BCUT2D eigenvalue weighted by Gasteiger charge is -2.21. The van der Waals surface area contributed by atoms with Gasteiger partial charge in [-0.05, 0) is 46.0 Å². The molecule has 1 fully saturated rings. The Morgan fingerprint density at radius 1 is 1.25 bits per heavy atom. The van der Waals surface area contributed by atoms with Crippen molar-refractivity contribution in [2.75, 3.05) is 0 Å². The lowest BCUT2D eigenvalue weighted by atomic mass is 10.1. The van der Waals surface area contributed by atoms with Gasteiger partial charge in [0.25, 0.3) is 0 Å². The smallest absolute Gasteiger partial charge is 0.307 e. The summed E-state index contributed by atoms with van der Waals surface area (Å²) in [5.74, 6) is 2.62. The molecular formula is C19H33N3O2. The number of ether oxygens (including phenoxy) is 1. The first-order valence-electron chi connectivity index (χ1n) is 9.33. The average Bonchev–Trinajstić information content (AvgIpc) is 3.16. The number of esters is 1. The molecule has 5 nitrogen and oxygen atoms in total. The van der Waals surface area contributed by atoms with Crippen molar-refractivity contribution < 1.29 is 9.53 Å². The molecule has 0 spiro atoms. The lowest BCUT2D eigenvalue weighted by molar-refractivity contribution is -0.155. The fourth-order valence-electron chi connectivity index (χ4n) is 2.97. The van der Waals surface area contributed by atoms with E-state index in [2.05, 4.69) is 28.6 Å². The quantitative estimate of drug-likeness (QED) is 0.660. The van der Waals surface area contributed by atoms with Crippen LogP contribution in [0.1, 0.15) is 97.3 Å². The van der Waals surface area contributed by atoms with Gasteiger partial charge in [0.1, 0.15) is 17.2 Å². The zero-order valence-electron chi connectivity index (χ0n) is 16.1. The van der Waals surface area contributed by atoms with E-state index in [-0.39, 0.29) is 11.9 Å². The Kier molecular flexibility index (Phi) is 6.05. The zero-order valence-corrected chi connectivity index (χ0v) is 16.1. The summed E-state index contributed by atoms with van der Waals surface area (Å²) >= 11 is 0. The maximum absolute atomic E-state index is 12.1. The van der Waals surface area contributed by atoms with E-state index in [0.717, 1.165) is 24.5 Å². The molecule has 5 heteroatoms. The molecule has 0 aromatic carbocycles. The number of hydrogen-bond acceptors (Lipinski definition) is 4. The first kappa shape index (κ1) is 18.9. The molecule has 1 aromatic heterocycles. The lowest BCUT2D eigenvalue weighted by Crippen LogP contribution is -2.25. The van der Waals surface area contributed by atoms with Gasteiger partial charge in [-0.1, -0.05) is 27.2 Å². The summed E-state index contributed by atoms with van der Waals surface area (Å²) in [6, 6.07) is 0.533. The van der Waals surface area contributed by atoms with Crippen molar-refractivity contribution in [1.29, 1.82) is 0 Å². The van der Waals surface area contributed by atoms with Crippen molar-refractivity contribution in [3.05, 3.63) is 11.6 Å². The van der Waals surface area contributed by atoms with E-state index in [4.69, 9.17) is 4.74 Å². The first-order chi connectivity index (χ1) is 11.2. The summed E-state index contributed by atoms with van der Waals surface area (Å²) in [6.45, 7) is 12.2. The summed E-state index contributed by atoms with van der Waals surface area (Å²) in [7, 11) is 0. The highest BCUT2D eigenvalue weighted by molar-refractivity contribution is 5.70. The van der Waals surface area contributed by atoms with Crippen molar-refractivity contribution in [2.45, 2.75) is 97.6 Å². The van der Waals surface area contributed by atoms with Gasteiger partial charge in [-0.3, -0.25) is 4.79 Å². The Morgan fingerprint density at radius 3 is 2.46 bits per heavy atom. The second kappa shape index (κ2) is 7.66.